The first-order chi connectivity index (χ1) is 13.4. The van der Waals surface area contributed by atoms with Crippen LogP contribution >= 0.6 is 0 Å². The van der Waals surface area contributed by atoms with Crippen molar-refractivity contribution in [2.45, 2.75) is 56.8 Å². The van der Waals surface area contributed by atoms with Crippen LogP contribution in [0.2, 0.25) is 0 Å². The van der Waals surface area contributed by atoms with Gasteiger partial charge in [-0.1, -0.05) is 60.7 Å². The molecule has 28 heavy (non-hydrogen) atoms. The van der Waals surface area contributed by atoms with E-state index in [1.165, 1.54) is 11.1 Å². The van der Waals surface area contributed by atoms with Gasteiger partial charge >= 0.3 is 5.97 Å². The number of aliphatic hydroxyl groups is 1. The summed E-state index contributed by atoms with van der Waals surface area (Å²) in [4.78, 5) is 14.9. The van der Waals surface area contributed by atoms with Gasteiger partial charge in [0, 0.05) is 12.0 Å². The first-order valence-electron chi connectivity index (χ1n) is 10.2. The van der Waals surface area contributed by atoms with Crippen LogP contribution in [0.15, 0.2) is 60.7 Å². The van der Waals surface area contributed by atoms with E-state index in [1.54, 1.807) is 0 Å². The molecule has 0 aliphatic carbocycles. The van der Waals surface area contributed by atoms with E-state index in [0.29, 0.717) is 13.0 Å². The fourth-order valence-electron chi connectivity index (χ4n) is 4.98. The maximum Gasteiger partial charge on any atom is 0.323 e. The minimum absolute atomic E-state index is 0.0260. The summed E-state index contributed by atoms with van der Waals surface area (Å²) < 4.78 is 5.57. The quantitative estimate of drug-likeness (QED) is 0.804. The molecule has 0 spiro atoms. The third-order valence-corrected chi connectivity index (χ3v) is 6.36. The fraction of sp³-hybridized carbons (Fsp3) is 0.458. The molecule has 1 N–H and O–H groups in total. The summed E-state index contributed by atoms with van der Waals surface area (Å²) in [5.74, 6) is -0.123. The number of cyclic esters (lactones) is 1. The summed E-state index contributed by atoms with van der Waals surface area (Å²) in [6.07, 6.45) is 2.48. The number of esters is 1. The van der Waals surface area contributed by atoms with Crippen LogP contribution in [0.3, 0.4) is 0 Å². The molecule has 0 radical (unpaired) electrons. The van der Waals surface area contributed by atoms with Crippen LogP contribution in [0.4, 0.5) is 0 Å². The van der Waals surface area contributed by atoms with E-state index in [-0.39, 0.29) is 30.0 Å². The summed E-state index contributed by atoms with van der Waals surface area (Å²) in [7, 11) is 0. The number of morpholine rings is 1. The maximum absolute atomic E-state index is 12.6. The summed E-state index contributed by atoms with van der Waals surface area (Å²) >= 11 is 0. The first kappa shape index (κ1) is 19.2. The molecule has 0 unspecified atom stereocenters. The Morgan fingerprint density at radius 1 is 1.04 bits per heavy atom. The molecule has 2 heterocycles. The average molecular weight is 380 g/mol. The normalized spacial score (nSPS) is 28.0. The van der Waals surface area contributed by atoms with Crippen molar-refractivity contribution in [1.82, 2.24) is 4.90 Å². The predicted octanol–water partition coefficient (Wildman–Crippen LogP) is 3.75. The zero-order valence-electron chi connectivity index (χ0n) is 16.6. The van der Waals surface area contributed by atoms with E-state index in [0.717, 1.165) is 12.8 Å². The second kappa shape index (κ2) is 7.69. The summed E-state index contributed by atoms with van der Waals surface area (Å²) in [6, 6.07) is 20.6. The molecule has 2 aromatic rings. The molecular formula is C24H29NO3. The maximum atomic E-state index is 12.6. The molecule has 4 nitrogen and oxygen atoms in total. The number of rotatable bonds is 5. The third-order valence-electron chi connectivity index (χ3n) is 6.36. The van der Waals surface area contributed by atoms with Crippen molar-refractivity contribution >= 4 is 5.97 Å². The molecule has 0 amide bonds. The van der Waals surface area contributed by atoms with Gasteiger partial charge in [-0.15, -0.1) is 0 Å². The van der Waals surface area contributed by atoms with Gasteiger partial charge in [-0.3, -0.25) is 9.69 Å². The van der Waals surface area contributed by atoms with Gasteiger partial charge in [0.2, 0.25) is 0 Å². The van der Waals surface area contributed by atoms with Crippen molar-refractivity contribution in [3.05, 3.63) is 71.8 Å². The lowest BCUT2D eigenvalue weighted by Crippen LogP contribution is -2.51. The van der Waals surface area contributed by atoms with Gasteiger partial charge in [0.25, 0.3) is 0 Å². The molecule has 2 aromatic carbocycles. The number of aryl methyl sites for hydroxylation is 1. The minimum atomic E-state index is -0.847. The molecule has 2 aliphatic heterocycles. The monoisotopic (exact) mass is 379 g/mol. The van der Waals surface area contributed by atoms with Crippen molar-refractivity contribution in [3.63, 3.8) is 0 Å². The molecular weight excluding hydrogens is 350 g/mol. The van der Waals surface area contributed by atoms with Crippen molar-refractivity contribution in [1.29, 1.82) is 0 Å². The number of benzene rings is 2. The summed E-state index contributed by atoms with van der Waals surface area (Å²) in [5.41, 5.74) is 1.61. The zero-order chi connectivity index (χ0) is 19.7. The van der Waals surface area contributed by atoms with E-state index in [9.17, 15) is 9.90 Å². The lowest BCUT2D eigenvalue weighted by Gasteiger charge is -2.42. The molecule has 2 saturated heterocycles. The molecule has 4 heteroatoms. The first-order valence-corrected chi connectivity index (χ1v) is 10.2. The van der Waals surface area contributed by atoms with Crippen molar-refractivity contribution in [2.24, 2.45) is 5.92 Å². The highest BCUT2D eigenvalue weighted by molar-refractivity contribution is 5.77. The Bertz CT molecular complexity index is 800. The number of carbonyl (C=O) groups excluding carboxylic acids is 1. The second-order valence-electron chi connectivity index (χ2n) is 8.61. The Balaban J connectivity index is 1.66. The Morgan fingerprint density at radius 2 is 1.68 bits per heavy atom. The van der Waals surface area contributed by atoms with Gasteiger partial charge in [0.15, 0.2) is 0 Å². The highest BCUT2D eigenvalue weighted by Gasteiger charge is 2.54. The van der Waals surface area contributed by atoms with Crippen LogP contribution in [0, 0.1) is 5.92 Å². The topological polar surface area (TPSA) is 49.8 Å². The standard InChI is InChI=1S/C24H29NO3/c1-24(2,27)19-15-21-23(26)28-16-22(18-11-7-4-8-12-18)25(21)20(19)14-13-17-9-5-3-6-10-17/h3-12,19-22,27H,13-16H2,1-2H3/t19-,20+,21-,22+/m0/s1. The number of carbonyl (C=O) groups is 1. The van der Waals surface area contributed by atoms with E-state index in [4.69, 9.17) is 4.74 Å². The lowest BCUT2D eigenvalue weighted by atomic mass is 9.81. The molecule has 0 bridgehead atoms. The van der Waals surface area contributed by atoms with Crippen LogP contribution in [0.1, 0.15) is 43.9 Å². The van der Waals surface area contributed by atoms with E-state index < -0.39 is 5.60 Å². The van der Waals surface area contributed by atoms with Gasteiger partial charge in [-0.05, 0) is 44.2 Å². The van der Waals surface area contributed by atoms with Gasteiger partial charge in [-0.25, -0.2) is 0 Å². The van der Waals surface area contributed by atoms with Crippen LogP contribution in [0.25, 0.3) is 0 Å². The summed E-state index contributed by atoms with van der Waals surface area (Å²) in [5, 5.41) is 10.9. The van der Waals surface area contributed by atoms with Gasteiger partial charge in [-0.2, -0.15) is 0 Å². The summed E-state index contributed by atoms with van der Waals surface area (Å²) in [6.45, 7) is 4.11. The molecule has 148 valence electrons. The number of fused-ring (bicyclic) bond motifs is 1. The molecule has 0 saturated carbocycles. The predicted molar refractivity (Wildman–Crippen MR) is 109 cm³/mol. The van der Waals surface area contributed by atoms with Gasteiger partial charge in [0.05, 0.1) is 11.6 Å². The van der Waals surface area contributed by atoms with Crippen LogP contribution in [-0.2, 0) is 16.0 Å². The van der Waals surface area contributed by atoms with Crippen LogP contribution in [0.5, 0.6) is 0 Å². The average Bonchev–Trinajstić information content (AvgIpc) is 3.09. The second-order valence-corrected chi connectivity index (χ2v) is 8.61. The largest absolute Gasteiger partial charge is 0.462 e. The van der Waals surface area contributed by atoms with Crippen molar-refractivity contribution < 1.29 is 14.6 Å². The lowest BCUT2D eigenvalue weighted by molar-refractivity contribution is -0.162. The third kappa shape index (κ3) is 3.71. The minimum Gasteiger partial charge on any atom is -0.462 e. The van der Waals surface area contributed by atoms with Gasteiger partial charge < -0.3 is 9.84 Å². The fourth-order valence-corrected chi connectivity index (χ4v) is 4.98. The molecule has 0 aromatic heterocycles. The number of ether oxygens (including phenoxy) is 1. The van der Waals surface area contributed by atoms with Crippen molar-refractivity contribution in [2.75, 3.05) is 6.61 Å². The Morgan fingerprint density at radius 3 is 2.32 bits per heavy atom. The number of hydrogen-bond donors (Lipinski definition) is 1. The molecule has 2 fully saturated rings. The molecule has 4 rings (SSSR count). The van der Waals surface area contributed by atoms with E-state index in [1.807, 2.05) is 38.1 Å². The van der Waals surface area contributed by atoms with Crippen molar-refractivity contribution in [3.8, 4) is 0 Å². The Kier molecular flexibility index (Phi) is 5.26. The van der Waals surface area contributed by atoms with E-state index in [2.05, 4.69) is 41.3 Å². The SMILES string of the molecule is CC(C)(O)[C@H]1C[C@H]2C(=O)OC[C@H](c3ccccc3)N2[C@@H]1CCc1ccccc1. The van der Waals surface area contributed by atoms with Crippen LogP contribution in [-0.4, -0.2) is 40.3 Å². The number of hydrogen-bond acceptors (Lipinski definition) is 4. The Labute approximate surface area is 167 Å². The Hall–Kier alpha value is -2.17. The highest BCUT2D eigenvalue weighted by Crippen LogP contribution is 2.45. The zero-order valence-corrected chi connectivity index (χ0v) is 16.6. The molecule has 2 aliphatic rings. The van der Waals surface area contributed by atoms with E-state index >= 15 is 0 Å². The van der Waals surface area contributed by atoms with Crippen LogP contribution < -0.4 is 0 Å². The smallest absolute Gasteiger partial charge is 0.323 e. The number of nitrogens with zero attached hydrogens (tertiary/aromatic N) is 1. The molecule has 4 atom stereocenters. The van der Waals surface area contributed by atoms with Gasteiger partial charge in [0.1, 0.15) is 12.6 Å². The highest BCUT2D eigenvalue weighted by atomic mass is 16.5.